The quantitative estimate of drug-likeness (QED) is 0.809. The summed E-state index contributed by atoms with van der Waals surface area (Å²) in [5.74, 6) is 1.76. The zero-order chi connectivity index (χ0) is 16.8. The first kappa shape index (κ1) is 20.0. The SMILES string of the molecule is CC(CC(=O)Nc1ccccc1OC1CCOC1)C1CCCNC1.Cl. The molecule has 2 aliphatic heterocycles. The van der Waals surface area contributed by atoms with E-state index in [1.165, 1.54) is 12.8 Å². The van der Waals surface area contributed by atoms with Gasteiger partial charge >= 0.3 is 0 Å². The molecule has 0 radical (unpaired) electrons. The molecule has 0 bridgehead atoms. The molecular weight excluding hydrogens is 340 g/mol. The molecule has 0 spiro atoms. The zero-order valence-electron chi connectivity index (χ0n) is 14.8. The third-order valence-corrected chi connectivity index (χ3v) is 4.99. The van der Waals surface area contributed by atoms with Gasteiger partial charge in [-0.05, 0) is 49.9 Å². The lowest BCUT2D eigenvalue weighted by Gasteiger charge is -2.28. The highest BCUT2D eigenvalue weighted by atomic mass is 35.5. The van der Waals surface area contributed by atoms with E-state index in [0.29, 0.717) is 24.9 Å². The second-order valence-electron chi connectivity index (χ2n) is 6.94. The largest absolute Gasteiger partial charge is 0.486 e. The molecule has 5 nitrogen and oxygen atoms in total. The Morgan fingerprint density at radius 1 is 1.40 bits per heavy atom. The summed E-state index contributed by atoms with van der Waals surface area (Å²) in [4.78, 5) is 12.4. The second kappa shape index (κ2) is 10.00. The number of para-hydroxylation sites is 2. The van der Waals surface area contributed by atoms with Crippen molar-refractivity contribution >= 4 is 24.0 Å². The van der Waals surface area contributed by atoms with E-state index in [9.17, 15) is 4.79 Å². The van der Waals surface area contributed by atoms with Gasteiger partial charge < -0.3 is 20.1 Å². The maximum atomic E-state index is 12.4. The van der Waals surface area contributed by atoms with Gasteiger partial charge in [0.2, 0.25) is 5.91 Å². The number of rotatable bonds is 6. The lowest BCUT2D eigenvalue weighted by Crippen LogP contribution is -2.34. The predicted molar refractivity (Wildman–Crippen MR) is 102 cm³/mol. The summed E-state index contributed by atoms with van der Waals surface area (Å²) in [6, 6.07) is 7.65. The van der Waals surface area contributed by atoms with Crippen molar-refractivity contribution in [1.82, 2.24) is 5.32 Å². The minimum absolute atomic E-state index is 0. The van der Waals surface area contributed by atoms with Gasteiger partial charge in [0.1, 0.15) is 11.9 Å². The van der Waals surface area contributed by atoms with Crippen molar-refractivity contribution in [3.63, 3.8) is 0 Å². The van der Waals surface area contributed by atoms with E-state index in [4.69, 9.17) is 9.47 Å². The van der Waals surface area contributed by atoms with E-state index >= 15 is 0 Å². The van der Waals surface area contributed by atoms with Gasteiger partial charge in [-0.15, -0.1) is 12.4 Å². The first-order valence-corrected chi connectivity index (χ1v) is 9.06. The Balaban J connectivity index is 0.00000225. The number of nitrogens with one attached hydrogen (secondary N) is 2. The number of ether oxygens (including phenoxy) is 2. The number of anilines is 1. The number of carbonyl (C=O) groups excluding carboxylic acids is 1. The number of amides is 1. The van der Waals surface area contributed by atoms with Crippen LogP contribution in [-0.2, 0) is 9.53 Å². The van der Waals surface area contributed by atoms with Crippen LogP contribution in [0.4, 0.5) is 5.69 Å². The fourth-order valence-corrected chi connectivity index (χ4v) is 3.48. The summed E-state index contributed by atoms with van der Waals surface area (Å²) in [5.41, 5.74) is 0.753. The molecule has 3 atom stereocenters. The monoisotopic (exact) mass is 368 g/mol. The second-order valence-corrected chi connectivity index (χ2v) is 6.94. The molecule has 140 valence electrons. The van der Waals surface area contributed by atoms with E-state index in [1.54, 1.807) is 0 Å². The summed E-state index contributed by atoms with van der Waals surface area (Å²) in [6.07, 6.45) is 3.94. The van der Waals surface area contributed by atoms with Crippen molar-refractivity contribution in [1.29, 1.82) is 0 Å². The van der Waals surface area contributed by atoms with E-state index in [0.717, 1.165) is 37.6 Å². The van der Waals surface area contributed by atoms with Crippen LogP contribution in [0.25, 0.3) is 0 Å². The Labute approximate surface area is 156 Å². The van der Waals surface area contributed by atoms with Gasteiger partial charge in [-0.3, -0.25) is 4.79 Å². The van der Waals surface area contributed by atoms with Crippen LogP contribution in [0.2, 0.25) is 0 Å². The molecule has 1 aromatic rings. The van der Waals surface area contributed by atoms with Crippen molar-refractivity contribution in [2.24, 2.45) is 11.8 Å². The maximum absolute atomic E-state index is 12.4. The molecular formula is C19H29ClN2O3. The van der Waals surface area contributed by atoms with Gasteiger partial charge in [-0.25, -0.2) is 0 Å². The molecule has 2 saturated heterocycles. The Bertz CT molecular complexity index is 543. The summed E-state index contributed by atoms with van der Waals surface area (Å²) >= 11 is 0. The molecule has 0 aromatic heterocycles. The van der Waals surface area contributed by atoms with E-state index in [1.807, 2.05) is 24.3 Å². The number of hydrogen-bond acceptors (Lipinski definition) is 4. The molecule has 1 aromatic carbocycles. The minimum Gasteiger partial charge on any atom is -0.486 e. The van der Waals surface area contributed by atoms with Crippen LogP contribution >= 0.6 is 12.4 Å². The Kier molecular flexibility index (Phi) is 8.00. The molecule has 0 saturated carbocycles. The summed E-state index contributed by atoms with van der Waals surface area (Å²) < 4.78 is 11.3. The van der Waals surface area contributed by atoms with Crippen LogP contribution < -0.4 is 15.4 Å². The molecule has 3 unspecified atom stereocenters. The van der Waals surface area contributed by atoms with Crippen molar-refractivity contribution < 1.29 is 14.3 Å². The average Bonchev–Trinajstić information content (AvgIpc) is 3.10. The summed E-state index contributed by atoms with van der Waals surface area (Å²) in [7, 11) is 0. The number of carbonyl (C=O) groups is 1. The highest BCUT2D eigenvalue weighted by Gasteiger charge is 2.23. The molecule has 1 amide bonds. The van der Waals surface area contributed by atoms with Crippen LogP contribution in [-0.4, -0.2) is 38.3 Å². The van der Waals surface area contributed by atoms with E-state index < -0.39 is 0 Å². The third-order valence-electron chi connectivity index (χ3n) is 4.99. The molecule has 3 rings (SSSR count). The smallest absolute Gasteiger partial charge is 0.224 e. The molecule has 2 N–H and O–H groups in total. The average molecular weight is 369 g/mol. The summed E-state index contributed by atoms with van der Waals surface area (Å²) in [6.45, 7) is 5.66. The maximum Gasteiger partial charge on any atom is 0.224 e. The zero-order valence-corrected chi connectivity index (χ0v) is 15.6. The molecule has 0 aliphatic carbocycles. The lowest BCUT2D eigenvalue weighted by molar-refractivity contribution is -0.117. The molecule has 25 heavy (non-hydrogen) atoms. The lowest BCUT2D eigenvalue weighted by atomic mass is 9.85. The van der Waals surface area contributed by atoms with Crippen LogP contribution in [0.15, 0.2) is 24.3 Å². The van der Waals surface area contributed by atoms with Crippen LogP contribution in [0.5, 0.6) is 5.75 Å². The van der Waals surface area contributed by atoms with Crippen LogP contribution in [0.1, 0.15) is 32.6 Å². The van der Waals surface area contributed by atoms with Crippen LogP contribution in [0, 0.1) is 11.8 Å². The standard InChI is InChI=1S/C19H28N2O3.ClH/c1-14(15-5-4-9-20-12-15)11-19(22)21-17-6-2-3-7-18(17)24-16-8-10-23-13-16;/h2-3,6-7,14-16,20H,4-5,8-13H2,1H3,(H,21,22);1H. The van der Waals surface area contributed by atoms with Crippen molar-refractivity contribution in [2.45, 2.75) is 38.7 Å². The highest BCUT2D eigenvalue weighted by Crippen LogP contribution is 2.28. The van der Waals surface area contributed by atoms with Gasteiger partial charge in [0.25, 0.3) is 0 Å². The van der Waals surface area contributed by atoms with Gasteiger partial charge in [-0.2, -0.15) is 0 Å². The molecule has 2 heterocycles. The number of piperidine rings is 1. The Morgan fingerprint density at radius 2 is 2.24 bits per heavy atom. The van der Waals surface area contributed by atoms with Crippen molar-refractivity contribution in [3.05, 3.63) is 24.3 Å². The van der Waals surface area contributed by atoms with Gasteiger partial charge in [-0.1, -0.05) is 19.1 Å². The van der Waals surface area contributed by atoms with Crippen molar-refractivity contribution in [2.75, 3.05) is 31.6 Å². The fraction of sp³-hybridized carbons (Fsp3) is 0.632. The minimum atomic E-state index is 0. The van der Waals surface area contributed by atoms with E-state index in [-0.39, 0.29) is 24.4 Å². The third kappa shape index (κ3) is 5.87. The number of halogens is 1. The predicted octanol–water partition coefficient (Wildman–Crippen LogP) is 3.24. The Hall–Kier alpha value is -1.30. The first-order chi connectivity index (χ1) is 11.7. The summed E-state index contributed by atoms with van der Waals surface area (Å²) in [5, 5.41) is 6.45. The van der Waals surface area contributed by atoms with Crippen LogP contribution in [0.3, 0.4) is 0 Å². The van der Waals surface area contributed by atoms with Gasteiger partial charge in [0, 0.05) is 12.8 Å². The van der Waals surface area contributed by atoms with Gasteiger partial charge in [0.05, 0.1) is 18.9 Å². The number of hydrogen-bond donors (Lipinski definition) is 2. The molecule has 2 aliphatic rings. The highest BCUT2D eigenvalue weighted by molar-refractivity contribution is 5.92. The van der Waals surface area contributed by atoms with Gasteiger partial charge in [0.15, 0.2) is 0 Å². The topological polar surface area (TPSA) is 59.6 Å². The molecule has 6 heteroatoms. The number of benzene rings is 1. The Morgan fingerprint density at radius 3 is 2.96 bits per heavy atom. The van der Waals surface area contributed by atoms with Crippen molar-refractivity contribution in [3.8, 4) is 5.75 Å². The molecule has 2 fully saturated rings. The normalized spacial score (nSPS) is 24.2. The fourth-order valence-electron chi connectivity index (χ4n) is 3.48. The first-order valence-electron chi connectivity index (χ1n) is 9.06. The van der Waals surface area contributed by atoms with E-state index in [2.05, 4.69) is 17.6 Å².